The molecule has 0 saturated heterocycles. The highest BCUT2D eigenvalue weighted by Gasteiger charge is 2.28. The molecule has 1 aliphatic heterocycles. The normalized spacial score (nSPS) is 14.1. The predicted octanol–water partition coefficient (Wildman–Crippen LogP) is 4.19. The summed E-state index contributed by atoms with van der Waals surface area (Å²) in [5.74, 6) is 0.162. The molecule has 42 heavy (non-hydrogen) atoms. The first-order valence-corrected chi connectivity index (χ1v) is 18.3. The number of fused-ring (bicyclic) bond motifs is 2. The maximum Gasteiger partial charge on any atom is 0.265 e. The van der Waals surface area contributed by atoms with E-state index in [9.17, 15) is 18.2 Å². The van der Waals surface area contributed by atoms with E-state index >= 15 is 0 Å². The molecule has 2 heterocycles. The molecular weight excluding hydrogens is 638 g/mol. The lowest BCUT2D eigenvalue weighted by molar-refractivity contribution is -0.894. The van der Waals surface area contributed by atoms with Crippen LogP contribution in [0.3, 0.4) is 0 Å². The number of hydrogen-bond acceptors (Lipinski definition) is 10. The fourth-order valence-corrected chi connectivity index (χ4v) is 7.84. The van der Waals surface area contributed by atoms with Gasteiger partial charge in [0.2, 0.25) is 5.52 Å². The standard InChI is InChI=1S/C22H23ClN2O6S4.C6H15N/c1-15-4-6-19-17(12-15)25(9-3-11-35(27,28)29)22(33-19)14-21-24(8-2-10-32-31-30-26)18-13-16(23)5-7-20(18)34-21;1-4-7(5-2)6-3/h4-7,12-14H,2-3,8-11H2,1H3,(H-,26,27,28,29);4-6H2,1-3H3. The minimum Gasteiger partial charge on any atom is -0.748 e. The molecule has 0 unspecified atom stereocenters. The second-order valence-corrected chi connectivity index (χ2v) is 14.5. The summed E-state index contributed by atoms with van der Waals surface area (Å²) in [5, 5.41) is 16.0. The lowest BCUT2D eigenvalue weighted by atomic mass is 10.2. The van der Waals surface area contributed by atoms with Crippen LogP contribution in [0.4, 0.5) is 5.69 Å². The third-order valence-electron chi connectivity index (χ3n) is 6.79. The van der Waals surface area contributed by atoms with Gasteiger partial charge >= 0.3 is 0 Å². The molecule has 3 aromatic rings. The number of thioether (sulfide) groups is 1. The number of aryl methyl sites for hydroxylation is 2. The predicted molar refractivity (Wildman–Crippen MR) is 170 cm³/mol. The highest BCUT2D eigenvalue weighted by Crippen LogP contribution is 2.47. The van der Waals surface area contributed by atoms with Crippen molar-refractivity contribution in [2.75, 3.05) is 42.6 Å². The molecule has 0 spiro atoms. The van der Waals surface area contributed by atoms with Crippen molar-refractivity contribution < 1.29 is 37.1 Å². The Morgan fingerprint density at radius 1 is 1.12 bits per heavy atom. The highest BCUT2D eigenvalue weighted by molar-refractivity contribution is 8.04. The average molecular weight is 676 g/mol. The molecule has 0 radical (unpaired) electrons. The Hall–Kier alpha value is -1.39. The van der Waals surface area contributed by atoms with Crippen LogP contribution in [0.25, 0.3) is 16.3 Å². The number of aromatic nitrogens is 1. The molecule has 2 aromatic carbocycles. The van der Waals surface area contributed by atoms with Gasteiger partial charge in [-0.1, -0.05) is 40.8 Å². The van der Waals surface area contributed by atoms with Crippen LogP contribution in [0.15, 0.2) is 46.3 Å². The Balaban J connectivity index is 0.000000616. The van der Waals surface area contributed by atoms with Crippen LogP contribution in [0.1, 0.15) is 44.2 Å². The number of anilines is 1. The molecule has 1 aromatic heterocycles. The van der Waals surface area contributed by atoms with E-state index in [1.165, 1.54) is 19.6 Å². The van der Waals surface area contributed by atoms with E-state index in [-0.39, 0.29) is 6.42 Å². The average Bonchev–Trinajstić information content (AvgIpc) is 3.46. The first-order valence-electron chi connectivity index (χ1n) is 13.8. The fraction of sp³-hybridized carbons (Fsp3) is 0.464. The second kappa shape index (κ2) is 17.2. The van der Waals surface area contributed by atoms with E-state index in [2.05, 4.69) is 57.8 Å². The Labute approximate surface area is 266 Å². The summed E-state index contributed by atoms with van der Waals surface area (Å²) in [6, 6.07) is 11.9. The molecule has 232 valence electrons. The van der Waals surface area contributed by atoms with E-state index in [0.29, 0.717) is 23.9 Å². The summed E-state index contributed by atoms with van der Waals surface area (Å²) in [4.78, 5) is 4.84. The van der Waals surface area contributed by atoms with Crippen molar-refractivity contribution >= 4 is 78.8 Å². The number of nitrogens with one attached hydrogen (secondary N) is 1. The maximum atomic E-state index is 11.2. The number of quaternary nitrogens is 1. The smallest absolute Gasteiger partial charge is 0.265 e. The number of hydrogen-bond donors (Lipinski definition) is 1. The van der Waals surface area contributed by atoms with Crippen LogP contribution in [0.2, 0.25) is 5.02 Å². The SMILES string of the molecule is CC[NH+](CC)CC.Cc1ccc2c(c1)N(CCCS(=O)(=O)[O-])C(=Cc1sc3ccc(Cl)cc3[n+]1CCCSOO[O-])S2. The topological polar surface area (TPSA) is 110 Å². The van der Waals surface area contributed by atoms with E-state index in [1.54, 1.807) is 28.0 Å². The Bertz CT molecular complexity index is 1440. The van der Waals surface area contributed by atoms with Crippen LogP contribution < -0.4 is 19.6 Å². The zero-order valence-corrected chi connectivity index (χ0v) is 28.3. The molecule has 0 amide bonds. The fourth-order valence-electron chi connectivity index (χ4n) is 4.55. The van der Waals surface area contributed by atoms with Crippen molar-refractivity contribution in [3.63, 3.8) is 0 Å². The van der Waals surface area contributed by atoms with Gasteiger partial charge in [0.05, 0.1) is 46.5 Å². The van der Waals surface area contributed by atoms with E-state index in [4.69, 9.17) is 11.6 Å². The van der Waals surface area contributed by atoms with Gasteiger partial charge in [0.1, 0.15) is 4.70 Å². The third-order valence-corrected chi connectivity index (χ3v) is 10.6. The molecule has 4 rings (SSSR count). The molecular formula is C28H38ClN3O6S4. The summed E-state index contributed by atoms with van der Waals surface area (Å²) < 4.78 is 41.1. The Morgan fingerprint density at radius 2 is 1.86 bits per heavy atom. The van der Waals surface area contributed by atoms with Crippen LogP contribution >= 0.6 is 46.7 Å². The number of benzene rings is 2. The minimum atomic E-state index is -4.28. The molecule has 0 bridgehead atoms. The van der Waals surface area contributed by atoms with Gasteiger partial charge in [0, 0.05) is 52.5 Å². The lowest BCUT2D eigenvalue weighted by Crippen LogP contribution is -3.11. The molecule has 0 saturated carbocycles. The lowest BCUT2D eigenvalue weighted by Gasteiger charge is -2.21. The van der Waals surface area contributed by atoms with Gasteiger partial charge in [-0.3, -0.25) is 5.04 Å². The van der Waals surface area contributed by atoms with E-state index in [0.717, 1.165) is 54.9 Å². The Kier molecular flexibility index (Phi) is 14.4. The second-order valence-electron chi connectivity index (χ2n) is 9.65. The van der Waals surface area contributed by atoms with Gasteiger partial charge < -0.3 is 19.6 Å². The summed E-state index contributed by atoms with van der Waals surface area (Å²) in [6.07, 6.45) is 3.05. The monoisotopic (exact) mass is 675 g/mol. The van der Waals surface area contributed by atoms with E-state index in [1.807, 2.05) is 31.2 Å². The Morgan fingerprint density at radius 3 is 2.50 bits per heavy atom. The maximum absolute atomic E-state index is 11.2. The van der Waals surface area contributed by atoms with Crippen molar-refractivity contribution in [3.8, 4) is 0 Å². The molecule has 1 N–H and O–H groups in total. The van der Waals surface area contributed by atoms with E-state index < -0.39 is 15.9 Å². The molecule has 14 heteroatoms. The van der Waals surface area contributed by atoms with Gasteiger partial charge in [-0.25, -0.2) is 8.42 Å². The molecule has 1 aliphatic rings. The summed E-state index contributed by atoms with van der Waals surface area (Å²) in [5.41, 5.74) is 3.10. The zero-order chi connectivity index (χ0) is 30.7. The molecule has 0 aliphatic carbocycles. The summed E-state index contributed by atoms with van der Waals surface area (Å²) >= 11 is 10.5. The number of halogens is 1. The van der Waals surface area contributed by atoms with Crippen LogP contribution in [-0.2, 0) is 26.0 Å². The number of thiazole rings is 1. The zero-order valence-electron chi connectivity index (χ0n) is 24.3. The van der Waals surface area contributed by atoms with Gasteiger partial charge in [0.15, 0.2) is 6.54 Å². The number of rotatable bonds is 14. The molecule has 9 nitrogen and oxygen atoms in total. The third kappa shape index (κ3) is 10.4. The van der Waals surface area contributed by atoms with Gasteiger partial charge in [-0.05, 0) is 63.9 Å². The quantitative estimate of drug-likeness (QED) is 0.0672. The van der Waals surface area contributed by atoms with Gasteiger partial charge in [-0.15, -0.1) is 0 Å². The molecule has 0 atom stereocenters. The molecule has 0 fully saturated rings. The minimum absolute atomic E-state index is 0.234. The van der Waals surface area contributed by atoms with Crippen LogP contribution in [0, 0.1) is 6.92 Å². The van der Waals surface area contributed by atoms with Crippen LogP contribution in [0.5, 0.6) is 0 Å². The van der Waals surface area contributed by atoms with Crippen molar-refractivity contribution in [3.05, 3.63) is 57.0 Å². The van der Waals surface area contributed by atoms with Crippen molar-refractivity contribution in [1.29, 1.82) is 0 Å². The van der Waals surface area contributed by atoms with Crippen molar-refractivity contribution in [2.45, 2.75) is 52.0 Å². The highest BCUT2D eigenvalue weighted by atomic mass is 35.5. The summed E-state index contributed by atoms with van der Waals surface area (Å²) in [7, 11) is -4.28. The van der Waals surface area contributed by atoms with Gasteiger partial charge in [0.25, 0.3) is 5.01 Å². The van der Waals surface area contributed by atoms with Crippen molar-refractivity contribution in [1.82, 2.24) is 0 Å². The largest absolute Gasteiger partial charge is 0.748 e. The van der Waals surface area contributed by atoms with Crippen molar-refractivity contribution in [2.24, 2.45) is 0 Å². The summed E-state index contributed by atoms with van der Waals surface area (Å²) in [6.45, 7) is 13.6. The van der Waals surface area contributed by atoms with Crippen LogP contribution in [-0.4, -0.2) is 50.7 Å². The first kappa shape index (κ1) is 35.1. The van der Waals surface area contributed by atoms with Gasteiger partial charge in [-0.2, -0.15) is 8.90 Å². The number of nitrogens with zero attached hydrogens (tertiary/aromatic N) is 2. The first-order chi connectivity index (χ1) is 20.1.